The highest BCUT2D eigenvalue weighted by atomic mass is 32.1. The van der Waals surface area contributed by atoms with Gasteiger partial charge in [-0.2, -0.15) is 0 Å². The Morgan fingerprint density at radius 2 is 1.95 bits per heavy atom. The van der Waals surface area contributed by atoms with Crippen LogP contribution in [-0.4, -0.2) is 84.7 Å². The van der Waals surface area contributed by atoms with Gasteiger partial charge in [0.15, 0.2) is 17.3 Å². The molecule has 2 aliphatic rings. The molecule has 1 saturated heterocycles. The summed E-state index contributed by atoms with van der Waals surface area (Å²) in [5, 5.41) is 11.8. The highest BCUT2D eigenvalue weighted by molar-refractivity contribution is 7.14. The number of ketones is 1. The number of carbonyl (C=O) groups excluding carboxylic acids is 2. The summed E-state index contributed by atoms with van der Waals surface area (Å²) in [6, 6.07) is 4.64. The molecule has 10 heteroatoms. The molecule has 1 N–H and O–H groups in total. The maximum absolute atomic E-state index is 13.8. The molecule has 2 aliphatic heterocycles. The number of rotatable bonds is 10. The lowest BCUT2D eigenvalue weighted by Gasteiger charge is -2.32. The van der Waals surface area contributed by atoms with Crippen LogP contribution in [-0.2, 0) is 9.53 Å². The summed E-state index contributed by atoms with van der Waals surface area (Å²) in [5.74, 6) is -0.0309. The number of aromatic nitrogens is 1. The number of nitrogens with zero attached hydrogens (tertiary/aromatic N) is 3. The van der Waals surface area contributed by atoms with Crippen LogP contribution in [0.25, 0.3) is 0 Å². The summed E-state index contributed by atoms with van der Waals surface area (Å²) in [5.41, 5.74) is 1.31. The largest absolute Gasteiger partial charge is 0.503 e. The third-order valence-electron chi connectivity index (χ3n) is 6.49. The molecule has 1 amide bonds. The van der Waals surface area contributed by atoms with E-state index in [2.05, 4.69) is 23.7 Å². The Bertz CT molecular complexity index is 1180. The van der Waals surface area contributed by atoms with Crippen molar-refractivity contribution in [2.24, 2.45) is 5.92 Å². The van der Waals surface area contributed by atoms with E-state index in [9.17, 15) is 14.7 Å². The number of aryl methyl sites for hydroxylation is 2. The normalized spacial score (nSPS) is 18.7. The first-order valence-electron chi connectivity index (χ1n) is 12.5. The molecule has 0 saturated carbocycles. The summed E-state index contributed by atoms with van der Waals surface area (Å²) < 4.78 is 16.9. The number of hydrogen-bond donors (Lipinski definition) is 1. The van der Waals surface area contributed by atoms with Crippen LogP contribution in [0, 0.1) is 19.8 Å². The van der Waals surface area contributed by atoms with Crippen molar-refractivity contribution in [3.8, 4) is 11.5 Å². The number of hydrogen-bond acceptors (Lipinski definition) is 9. The molecule has 37 heavy (non-hydrogen) atoms. The lowest BCUT2D eigenvalue weighted by Crippen LogP contribution is -2.43. The van der Waals surface area contributed by atoms with Crippen LogP contribution in [0.5, 0.6) is 11.5 Å². The number of thiazole rings is 1. The molecule has 0 spiro atoms. The second-order valence-corrected chi connectivity index (χ2v) is 10.9. The van der Waals surface area contributed by atoms with E-state index in [0.29, 0.717) is 66.5 Å². The fourth-order valence-corrected chi connectivity index (χ4v) is 5.50. The zero-order valence-electron chi connectivity index (χ0n) is 22.1. The third kappa shape index (κ3) is 5.81. The molecule has 0 bridgehead atoms. The number of benzene rings is 1. The standard InChI is InChI=1S/C27H35N3O6S/c1-16(2)15-36-20-7-6-19(14-21(20)34-5)23-22(24(31)26-17(3)28-18(4)37-26)25(32)27(33)30(23)9-8-29-10-12-35-13-11-29/h6-7,14,16,23,32H,8-13,15H2,1-5H3. The van der Waals surface area contributed by atoms with Gasteiger partial charge in [-0.3, -0.25) is 14.5 Å². The monoisotopic (exact) mass is 529 g/mol. The predicted octanol–water partition coefficient (Wildman–Crippen LogP) is 3.71. The number of aliphatic hydroxyl groups is 1. The average molecular weight is 530 g/mol. The quantitative estimate of drug-likeness (QED) is 0.465. The Labute approximate surface area is 221 Å². The molecular formula is C27H35N3O6S. The van der Waals surface area contributed by atoms with Gasteiger partial charge in [0.1, 0.15) is 0 Å². The Hall–Kier alpha value is -2.95. The molecule has 1 aromatic carbocycles. The molecule has 1 unspecified atom stereocenters. The van der Waals surface area contributed by atoms with Gasteiger partial charge in [0.25, 0.3) is 5.91 Å². The number of morpholine rings is 1. The van der Waals surface area contributed by atoms with Crippen molar-refractivity contribution in [1.29, 1.82) is 0 Å². The van der Waals surface area contributed by atoms with Gasteiger partial charge < -0.3 is 24.2 Å². The van der Waals surface area contributed by atoms with Gasteiger partial charge in [-0.05, 0) is 37.5 Å². The van der Waals surface area contributed by atoms with Crippen LogP contribution in [0.4, 0.5) is 0 Å². The number of carbonyl (C=O) groups is 2. The molecule has 1 atom stereocenters. The number of methoxy groups -OCH3 is 1. The molecule has 0 aliphatic carbocycles. The van der Waals surface area contributed by atoms with Crippen molar-refractivity contribution in [3.05, 3.63) is 50.7 Å². The SMILES string of the molecule is COc1cc(C2C(C(=O)c3sc(C)nc3C)=C(O)C(=O)N2CCN2CCOCC2)ccc1OCC(C)C. The van der Waals surface area contributed by atoms with Crippen molar-refractivity contribution in [3.63, 3.8) is 0 Å². The van der Waals surface area contributed by atoms with Gasteiger partial charge in [0.2, 0.25) is 5.78 Å². The van der Waals surface area contributed by atoms with E-state index in [1.54, 1.807) is 31.1 Å². The van der Waals surface area contributed by atoms with Crippen LogP contribution in [0.15, 0.2) is 29.5 Å². The van der Waals surface area contributed by atoms with E-state index < -0.39 is 17.7 Å². The first-order valence-corrected chi connectivity index (χ1v) is 13.4. The van der Waals surface area contributed by atoms with Crippen molar-refractivity contribution < 1.29 is 28.9 Å². The second-order valence-electron chi connectivity index (χ2n) is 9.71. The number of aliphatic hydroxyl groups excluding tert-OH is 1. The zero-order chi connectivity index (χ0) is 26.7. The summed E-state index contributed by atoms with van der Waals surface area (Å²) in [6.45, 7) is 12.0. The smallest absolute Gasteiger partial charge is 0.290 e. The molecule has 2 aromatic rings. The van der Waals surface area contributed by atoms with Crippen LogP contribution in [0.1, 0.15) is 45.8 Å². The van der Waals surface area contributed by atoms with Crippen LogP contribution in [0.3, 0.4) is 0 Å². The van der Waals surface area contributed by atoms with E-state index in [1.807, 2.05) is 13.0 Å². The first kappa shape index (κ1) is 27.1. The van der Waals surface area contributed by atoms with Gasteiger partial charge in [0, 0.05) is 26.2 Å². The van der Waals surface area contributed by atoms with Gasteiger partial charge in [-0.15, -0.1) is 11.3 Å². The Morgan fingerprint density at radius 1 is 1.22 bits per heavy atom. The minimum atomic E-state index is -0.768. The maximum atomic E-state index is 13.8. The summed E-state index contributed by atoms with van der Waals surface area (Å²) in [7, 11) is 1.56. The minimum Gasteiger partial charge on any atom is -0.503 e. The van der Waals surface area contributed by atoms with Gasteiger partial charge in [-0.25, -0.2) is 4.98 Å². The summed E-state index contributed by atoms with van der Waals surface area (Å²) in [4.78, 5) is 35.7. The van der Waals surface area contributed by atoms with E-state index in [0.717, 1.165) is 18.1 Å². The van der Waals surface area contributed by atoms with Gasteiger partial charge in [-0.1, -0.05) is 19.9 Å². The van der Waals surface area contributed by atoms with Crippen LogP contribution < -0.4 is 9.47 Å². The number of amides is 1. The molecule has 3 heterocycles. The second kappa shape index (κ2) is 11.6. The molecule has 1 fully saturated rings. The Kier molecular flexibility index (Phi) is 8.51. The Balaban J connectivity index is 1.72. The summed E-state index contributed by atoms with van der Waals surface area (Å²) >= 11 is 1.26. The van der Waals surface area contributed by atoms with Crippen molar-refractivity contribution in [1.82, 2.24) is 14.8 Å². The van der Waals surface area contributed by atoms with E-state index >= 15 is 0 Å². The fourth-order valence-electron chi connectivity index (χ4n) is 4.63. The van der Waals surface area contributed by atoms with Crippen LogP contribution >= 0.6 is 11.3 Å². The third-order valence-corrected chi connectivity index (χ3v) is 7.57. The van der Waals surface area contributed by atoms with E-state index in [1.165, 1.54) is 11.3 Å². The highest BCUT2D eigenvalue weighted by Crippen LogP contribution is 2.42. The minimum absolute atomic E-state index is 0.0663. The Morgan fingerprint density at radius 3 is 2.57 bits per heavy atom. The van der Waals surface area contributed by atoms with Crippen molar-refractivity contribution in [2.75, 3.05) is 53.1 Å². The fraction of sp³-hybridized carbons (Fsp3) is 0.519. The maximum Gasteiger partial charge on any atom is 0.290 e. The van der Waals surface area contributed by atoms with Crippen molar-refractivity contribution in [2.45, 2.75) is 33.7 Å². The number of ether oxygens (including phenoxy) is 3. The molecule has 1 aromatic heterocycles. The van der Waals surface area contributed by atoms with E-state index in [-0.39, 0.29) is 11.4 Å². The molecule has 4 rings (SSSR count). The predicted molar refractivity (Wildman–Crippen MR) is 141 cm³/mol. The molecular weight excluding hydrogens is 494 g/mol. The molecule has 9 nitrogen and oxygen atoms in total. The summed E-state index contributed by atoms with van der Waals surface area (Å²) in [6.07, 6.45) is 0. The zero-order valence-corrected chi connectivity index (χ0v) is 22.9. The van der Waals surface area contributed by atoms with Gasteiger partial charge in [0.05, 0.1) is 54.1 Å². The number of Topliss-reactive ketones (excluding diaryl/α,β-unsaturated/α-hetero) is 1. The average Bonchev–Trinajstić information content (AvgIpc) is 3.36. The molecule has 0 radical (unpaired) electrons. The van der Waals surface area contributed by atoms with Crippen LogP contribution in [0.2, 0.25) is 0 Å². The van der Waals surface area contributed by atoms with E-state index in [4.69, 9.17) is 14.2 Å². The highest BCUT2D eigenvalue weighted by Gasteiger charge is 2.44. The lowest BCUT2D eigenvalue weighted by molar-refractivity contribution is -0.129. The topological polar surface area (TPSA) is 101 Å². The lowest BCUT2D eigenvalue weighted by atomic mass is 9.94. The van der Waals surface area contributed by atoms with Crippen molar-refractivity contribution >= 4 is 23.0 Å². The van der Waals surface area contributed by atoms with Gasteiger partial charge >= 0.3 is 0 Å². The first-order chi connectivity index (χ1) is 17.7. The molecule has 200 valence electrons.